The van der Waals surface area contributed by atoms with Crippen molar-refractivity contribution in [2.45, 2.75) is 13.3 Å². The van der Waals surface area contributed by atoms with Gasteiger partial charge in [0.05, 0.1) is 0 Å². The number of nitrogens with one attached hydrogen (secondary N) is 2. The van der Waals surface area contributed by atoms with E-state index in [1.165, 1.54) is 12.3 Å². The van der Waals surface area contributed by atoms with Crippen molar-refractivity contribution in [1.29, 1.82) is 0 Å². The van der Waals surface area contributed by atoms with Crippen LogP contribution in [0.25, 0.3) is 10.9 Å². The second kappa shape index (κ2) is 4.17. The number of fused-ring (bicyclic) bond motifs is 1. The van der Waals surface area contributed by atoms with Crippen molar-refractivity contribution in [3.63, 3.8) is 0 Å². The first-order chi connectivity index (χ1) is 7.25. The van der Waals surface area contributed by atoms with Crippen molar-refractivity contribution >= 4 is 16.8 Å². The minimum atomic E-state index is 0.0134. The van der Waals surface area contributed by atoms with Crippen LogP contribution in [0, 0.1) is 6.07 Å². The van der Waals surface area contributed by atoms with E-state index in [9.17, 15) is 4.79 Å². The molecular weight excluding hydrogens is 188 g/mol. The molecule has 0 unspecified atom stereocenters. The Balaban J connectivity index is 2.05. The fourth-order valence-corrected chi connectivity index (χ4v) is 1.58. The Bertz CT molecular complexity index is 440. The van der Waals surface area contributed by atoms with Gasteiger partial charge in [-0.05, 0) is 23.6 Å². The molecule has 1 radical (unpaired) electrons. The van der Waals surface area contributed by atoms with E-state index in [1.54, 1.807) is 0 Å². The maximum atomic E-state index is 10.7. The van der Waals surface area contributed by atoms with E-state index in [2.05, 4.69) is 22.4 Å². The number of carbonyl (C=O) groups excluding carboxylic acids is 1. The molecule has 15 heavy (non-hydrogen) atoms. The summed E-state index contributed by atoms with van der Waals surface area (Å²) in [4.78, 5) is 14.0. The Morgan fingerprint density at radius 2 is 2.47 bits per heavy atom. The smallest absolute Gasteiger partial charge is 0.216 e. The van der Waals surface area contributed by atoms with Crippen molar-refractivity contribution < 1.29 is 4.79 Å². The maximum Gasteiger partial charge on any atom is 0.216 e. The number of hydrogen-bond acceptors (Lipinski definition) is 1. The molecule has 1 amide bonds. The van der Waals surface area contributed by atoms with Crippen LogP contribution in [-0.2, 0) is 11.2 Å². The Morgan fingerprint density at radius 3 is 3.20 bits per heavy atom. The quantitative estimate of drug-likeness (QED) is 0.779. The van der Waals surface area contributed by atoms with Crippen LogP contribution in [0.5, 0.6) is 0 Å². The molecule has 0 saturated carbocycles. The third-order valence-electron chi connectivity index (χ3n) is 2.29. The molecule has 2 aromatic rings. The predicted octanol–water partition coefficient (Wildman–Crippen LogP) is 1.65. The van der Waals surface area contributed by atoms with Gasteiger partial charge in [0.15, 0.2) is 0 Å². The van der Waals surface area contributed by atoms with E-state index in [0.29, 0.717) is 6.54 Å². The van der Waals surface area contributed by atoms with Crippen molar-refractivity contribution in [2.75, 3.05) is 6.54 Å². The highest BCUT2D eigenvalue weighted by Gasteiger charge is 1.99. The lowest BCUT2D eigenvalue weighted by Gasteiger charge is -1.98. The Morgan fingerprint density at radius 1 is 1.60 bits per heavy atom. The van der Waals surface area contributed by atoms with Gasteiger partial charge in [0, 0.05) is 31.1 Å². The second-order valence-electron chi connectivity index (χ2n) is 3.54. The highest BCUT2D eigenvalue weighted by molar-refractivity contribution is 5.80. The summed E-state index contributed by atoms with van der Waals surface area (Å²) in [6.45, 7) is 2.20. The van der Waals surface area contributed by atoms with Gasteiger partial charge in [-0.3, -0.25) is 4.79 Å². The zero-order valence-corrected chi connectivity index (χ0v) is 8.63. The lowest BCUT2D eigenvalue weighted by atomic mass is 10.2. The van der Waals surface area contributed by atoms with Crippen LogP contribution in [-0.4, -0.2) is 17.4 Å². The molecule has 3 heteroatoms. The largest absolute Gasteiger partial charge is 0.358 e. The van der Waals surface area contributed by atoms with Crippen molar-refractivity contribution in [3.8, 4) is 0 Å². The third kappa shape index (κ3) is 2.37. The molecule has 0 aliphatic rings. The average molecular weight is 201 g/mol. The van der Waals surface area contributed by atoms with Crippen molar-refractivity contribution in [2.24, 2.45) is 0 Å². The van der Waals surface area contributed by atoms with Gasteiger partial charge in [0.25, 0.3) is 0 Å². The number of hydrogen-bond donors (Lipinski definition) is 2. The van der Waals surface area contributed by atoms with Gasteiger partial charge in [-0.25, -0.2) is 0 Å². The van der Waals surface area contributed by atoms with Crippen LogP contribution in [0.4, 0.5) is 0 Å². The second-order valence-corrected chi connectivity index (χ2v) is 3.54. The molecule has 0 aliphatic heterocycles. The zero-order valence-electron chi connectivity index (χ0n) is 8.63. The van der Waals surface area contributed by atoms with Crippen molar-refractivity contribution in [1.82, 2.24) is 10.3 Å². The molecule has 1 aromatic carbocycles. The number of H-pyrrole nitrogens is 1. The fraction of sp³-hybridized carbons (Fsp3) is 0.250. The SMILES string of the molecule is CC(=O)NCCc1cc2cc[c]cc2[nH]1. The highest BCUT2D eigenvalue weighted by atomic mass is 16.1. The monoisotopic (exact) mass is 201 g/mol. The standard InChI is InChI=1S/C12H13N2O/c1-9(15)13-7-6-11-8-10-4-2-3-5-12(10)14-11/h2,4-5,8,14H,6-7H2,1H3,(H,13,15). The topological polar surface area (TPSA) is 44.9 Å². The minimum Gasteiger partial charge on any atom is -0.358 e. The summed E-state index contributed by atoms with van der Waals surface area (Å²) in [7, 11) is 0. The van der Waals surface area contributed by atoms with Gasteiger partial charge in [-0.1, -0.05) is 12.1 Å². The molecule has 0 spiro atoms. The van der Waals surface area contributed by atoms with Gasteiger partial charge in [-0.15, -0.1) is 0 Å². The molecule has 3 nitrogen and oxygen atoms in total. The maximum absolute atomic E-state index is 10.7. The van der Waals surface area contributed by atoms with Crippen LogP contribution in [0.3, 0.4) is 0 Å². The third-order valence-corrected chi connectivity index (χ3v) is 2.29. The summed E-state index contributed by atoms with van der Waals surface area (Å²) < 4.78 is 0. The summed E-state index contributed by atoms with van der Waals surface area (Å²) in [5.74, 6) is 0.0134. The van der Waals surface area contributed by atoms with Crippen molar-refractivity contribution in [3.05, 3.63) is 36.0 Å². The molecule has 0 aliphatic carbocycles. The van der Waals surface area contributed by atoms with Gasteiger partial charge < -0.3 is 10.3 Å². The predicted molar refractivity (Wildman–Crippen MR) is 59.5 cm³/mol. The summed E-state index contributed by atoms with van der Waals surface area (Å²) >= 11 is 0. The molecule has 0 saturated heterocycles. The molecular formula is C12H13N2O. The zero-order chi connectivity index (χ0) is 10.7. The van der Waals surface area contributed by atoms with Gasteiger partial charge >= 0.3 is 0 Å². The van der Waals surface area contributed by atoms with Gasteiger partial charge in [0.1, 0.15) is 0 Å². The number of aromatic amines is 1. The summed E-state index contributed by atoms with van der Waals surface area (Å²) in [6, 6.07) is 11.0. The first-order valence-electron chi connectivity index (χ1n) is 4.98. The molecule has 0 bridgehead atoms. The molecule has 1 heterocycles. The molecule has 77 valence electrons. The Hall–Kier alpha value is -1.77. The molecule has 0 atom stereocenters. The lowest BCUT2D eigenvalue weighted by Crippen LogP contribution is -2.22. The number of carbonyl (C=O) groups is 1. The number of aromatic nitrogens is 1. The first kappa shape index (κ1) is 9.77. The lowest BCUT2D eigenvalue weighted by molar-refractivity contribution is -0.118. The van der Waals surface area contributed by atoms with E-state index in [-0.39, 0.29) is 5.91 Å². The molecule has 2 rings (SSSR count). The summed E-state index contributed by atoms with van der Waals surface area (Å²) in [5, 5.41) is 3.96. The summed E-state index contributed by atoms with van der Waals surface area (Å²) in [6.07, 6.45) is 0.828. The van der Waals surface area contributed by atoms with Gasteiger partial charge in [0.2, 0.25) is 5.91 Å². The first-order valence-corrected chi connectivity index (χ1v) is 4.98. The summed E-state index contributed by atoms with van der Waals surface area (Å²) in [5.41, 5.74) is 2.23. The van der Waals surface area contributed by atoms with Crippen LogP contribution in [0.1, 0.15) is 12.6 Å². The van der Waals surface area contributed by atoms with Crippen LogP contribution < -0.4 is 5.32 Å². The van der Waals surface area contributed by atoms with Gasteiger partial charge in [-0.2, -0.15) is 0 Å². The fourth-order valence-electron chi connectivity index (χ4n) is 1.58. The number of rotatable bonds is 3. The number of amides is 1. The van der Waals surface area contributed by atoms with Crippen LogP contribution >= 0.6 is 0 Å². The molecule has 2 N–H and O–H groups in total. The molecule has 0 fully saturated rings. The van der Waals surface area contributed by atoms with E-state index in [0.717, 1.165) is 17.6 Å². The van der Waals surface area contributed by atoms with E-state index in [4.69, 9.17) is 0 Å². The normalized spacial score (nSPS) is 10.5. The number of benzene rings is 1. The van der Waals surface area contributed by atoms with E-state index in [1.807, 2.05) is 18.2 Å². The highest BCUT2D eigenvalue weighted by Crippen LogP contribution is 2.14. The minimum absolute atomic E-state index is 0.0134. The van der Waals surface area contributed by atoms with E-state index >= 15 is 0 Å². The van der Waals surface area contributed by atoms with Crippen LogP contribution in [0.15, 0.2) is 24.3 Å². The Labute approximate surface area is 88.5 Å². The molecule has 1 aromatic heterocycles. The van der Waals surface area contributed by atoms with E-state index < -0.39 is 0 Å². The van der Waals surface area contributed by atoms with Crippen LogP contribution in [0.2, 0.25) is 0 Å². The Kier molecular flexibility index (Phi) is 2.72. The average Bonchev–Trinajstić information content (AvgIpc) is 2.59.